The number of benzene rings is 1. The van der Waals surface area contributed by atoms with Gasteiger partial charge in [0.15, 0.2) is 0 Å². The Labute approximate surface area is 106 Å². The van der Waals surface area contributed by atoms with Gasteiger partial charge in [0.2, 0.25) is 0 Å². The Hall–Kier alpha value is -1.26. The molecule has 1 atom stereocenters. The molecule has 4 heteroatoms. The summed E-state index contributed by atoms with van der Waals surface area (Å²) >= 11 is 1.46. The molecule has 0 aliphatic rings. The van der Waals surface area contributed by atoms with Crippen LogP contribution in [0.3, 0.4) is 0 Å². The maximum absolute atomic E-state index is 4.07. The summed E-state index contributed by atoms with van der Waals surface area (Å²) in [7, 11) is 1.97. The number of rotatable bonds is 4. The number of hydrogen-bond acceptors (Lipinski definition) is 4. The minimum absolute atomic E-state index is 0.195. The summed E-state index contributed by atoms with van der Waals surface area (Å²) in [6.45, 7) is 4.17. The van der Waals surface area contributed by atoms with Crippen molar-refractivity contribution in [2.75, 3.05) is 7.05 Å². The first-order chi connectivity index (χ1) is 8.26. The van der Waals surface area contributed by atoms with Crippen molar-refractivity contribution in [3.05, 3.63) is 46.0 Å². The summed E-state index contributed by atoms with van der Waals surface area (Å²) in [6, 6.07) is 8.92. The zero-order valence-corrected chi connectivity index (χ0v) is 11.2. The van der Waals surface area contributed by atoms with Gasteiger partial charge in [0, 0.05) is 0 Å². The Kier molecular flexibility index (Phi) is 3.86. The molecule has 0 aliphatic carbocycles. The molecule has 3 nitrogen and oxygen atoms in total. The molecule has 17 heavy (non-hydrogen) atoms. The SMILES string of the molecule is CCc1ccc(C(NC)c2snnc2C)cc1. The van der Waals surface area contributed by atoms with Crippen LogP contribution in [0.2, 0.25) is 0 Å². The van der Waals surface area contributed by atoms with E-state index in [2.05, 4.69) is 46.1 Å². The Morgan fingerprint density at radius 1 is 1.29 bits per heavy atom. The molecule has 0 fully saturated rings. The average Bonchev–Trinajstić information content (AvgIpc) is 2.78. The van der Waals surface area contributed by atoms with Gasteiger partial charge in [0.05, 0.1) is 16.6 Å². The first kappa shape index (κ1) is 12.2. The average molecular weight is 247 g/mol. The summed E-state index contributed by atoms with van der Waals surface area (Å²) in [5, 5.41) is 7.40. The van der Waals surface area contributed by atoms with Crippen molar-refractivity contribution < 1.29 is 0 Å². The van der Waals surface area contributed by atoms with Crippen LogP contribution in [0.25, 0.3) is 0 Å². The molecular formula is C13H17N3S. The first-order valence-electron chi connectivity index (χ1n) is 5.81. The van der Waals surface area contributed by atoms with Crippen LogP contribution in [0, 0.1) is 6.92 Å². The molecule has 1 heterocycles. The lowest BCUT2D eigenvalue weighted by Crippen LogP contribution is -2.17. The van der Waals surface area contributed by atoms with Crippen molar-refractivity contribution in [1.29, 1.82) is 0 Å². The number of hydrogen-bond donors (Lipinski definition) is 1. The molecule has 0 bridgehead atoms. The second-order valence-electron chi connectivity index (χ2n) is 4.04. The molecule has 0 saturated carbocycles. The van der Waals surface area contributed by atoms with E-state index in [0.29, 0.717) is 0 Å². The van der Waals surface area contributed by atoms with Crippen LogP contribution < -0.4 is 5.32 Å². The molecule has 0 amide bonds. The third-order valence-corrected chi connectivity index (χ3v) is 3.85. The minimum Gasteiger partial charge on any atom is -0.309 e. The molecule has 1 aromatic heterocycles. The molecule has 1 unspecified atom stereocenters. The summed E-state index contributed by atoms with van der Waals surface area (Å²) in [5.41, 5.74) is 3.63. The Morgan fingerprint density at radius 2 is 2.00 bits per heavy atom. The van der Waals surface area contributed by atoms with Crippen LogP contribution >= 0.6 is 11.5 Å². The smallest absolute Gasteiger partial charge is 0.0776 e. The van der Waals surface area contributed by atoms with Gasteiger partial charge in [0.1, 0.15) is 0 Å². The van der Waals surface area contributed by atoms with Crippen molar-refractivity contribution in [2.45, 2.75) is 26.3 Å². The number of aromatic nitrogens is 2. The normalized spacial score (nSPS) is 12.6. The lowest BCUT2D eigenvalue weighted by Gasteiger charge is -2.15. The fourth-order valence-corrected chi connectivity index (χ4v) is 2.68. The van der Waals surface area contributed by atoms with Crippen LogP contribution in [-0.4, -0.2) is 16.6 Å². The molecule has 2 aromatic rings. The molecule has 2 rings (SSSR count). The second-order valence-corrected chi connectivity index (χ2v) is 4.83. The van der Waals surface area contributed by atoms with Gasteiger partial charge in [0.25, 0.3) is 0 Å². The zero-order valence-electron chi connectivity index (χ0n) is 10.4. The molecule has 0 aliphatic heterocycles. The number of nitrogens with one attached hydrogen (secondary N) is 1. The monoisotopic (exact) mass is 247 g/mol. The van der Waals surface area contributed by atoms with E-state index >= 15 is 0 Å². The van der Waals surface area contributed by atoms with E-state index in [-0.39, 0.29) is 6.04 Å². The Balaban J connectivity index is 2.32. The minimum atomic E-state index is 0.195. The van der Waals surface area contributed by atoms with E-state index < -0.39 is 0 Å². The zero-order chi connectivity index (χ0) is 12.3. The van der Waals surface area contributed by atoms with E-state index in [1.165, 1.54) is 27.5 Å². The van der Waals surface area contributed by atoms with E-state index in [1.54, 1.807) is 0 Å². The molecule has 90 valence electrons. The lowest BCUT2D eigenvalue weighted by molar-refractivity contribution is 0.697. The predicted molar refractivity (Wildman–Crippen MR) is 71.4 cm³/mol. The van der Waals surface area contributed by atoms with Gasteiger partial charge in [-0.2, -0.15) is 0 Å². The number of aryl methyl sites for hydroxylation is 2. The maximum Gasteiger partial charge on any atom is 0.0776 e. The van der Waals surface area contributed by atoms with Gasteiger partial charge in [-0.25, -0.2) is 0 Å². The molecule has 0 radical (unpaired) electrons. The summed E-state index contributed by atoms with van der Waals surface area (Å²) in [5.74, 6) is 0. The van der Waals surface area contributed by atoms with E-state index in [1.807, 2.05) is 14.0 Å². The highest BCUT2D eigenvalue weighted by Crippen LogP contribution is 2.26. The highest BCUT2D eigenvalue weighted by atomic mass is 32.1. The lowest BCUT2D eigenvalue weighted by atomic mass is 10.0. The highest BCUT2D eigenvalue weighted by molar-refractivity contribution is 7.05. The van der Waals surface area contributed by atoms with Crippen LogP contribution in [-0.2, 0) is 6.42 Å². The first-order valence-corrected chi connectivity index (χ1v) is 6.58. The third kappa shape index (κ3) is 2.53. The van der Waals surface area contributed by atoms with Crippen molar-refractivity contribution in [3.63, 3.8) is 0 Å². The summed E-state index contributed by atoms with van der Waals surface area (Å²) < 4.78 is 4.00. The topological polar surface area (TPSA) is 37.8 Å². The van der Waals surface area contributed by atoms with Crippen molar-refractivity contribution in [1.82, 2.24) is 14.9 Å². The summed E-state index contributed by atoms with van der Waals surface area (Å²) in [4.78, 5) is 1.19. The fourth-order valence-electron chi connectivity index (χ4n) is 1.90. The van der Waals surface area contributed by atoms with Crippen LogP contribution in [0.4, 0.5) is 0 Å². The van der Waals surface area contributed by atoms with Crippen molar-refractivity contribution in [3.8, 4) is 0 Å². The highest BCUT2D eigenvalue weighted by Gasteiger charge is 2.17. The van der Waals surface area contributed by atoms with Crippen LogP contribution in [0.15, 0.2) is 24.3 Å². The second kappa shape index (κ2) is 5.38. The van der Waals surface area contributed by atoms with Gasteiger partial charge >= 0.3 is 0 Å². The van der Waals surface area contributed by atoms with Gasteiger partial charge in [-0.1, -0.05) is 35.7 Å². The standard InChI is InChI=1S/C13H17N3S/c1-4-10-5-7-11(8-6-10)12(14-3)13-9(2)15-16-17-13/h5-8,12,14H,4H2,1-3H3. The van der Waals surface area contributed by atoms with Gasteiger partial charge < -0.3 is 5.32 Å². The maximum atomic E-state index is 4.07. The van der Waals surface area contributed by atoms with E-state index in [4.69, 9.17) is 0 Å². The van der Waals surface area contributed by atoms with E-state index in [9.17, 15) is 0 Å². The van der Waals surface area contributed by atoms with Gasteiger partial charge in [-0.05, 0) is 43.1 Å². The quantitative estimate of drug-likeness (QED) is 0.902. The number of nitrogens with zero attached hydrogens (tertiary/aromatic N) is 2. The van der Waals surface area contributed by atoms with E-state index in [0.717, 1.165) is 12.1 Å². The van der Waals surface area contributed by atoms with Gasteiger partial charge in [-0.15, -0.1) is 5.10 Å². The van der Waals surface area contributed by atoms with Crippen molar-refractivity contribution >= 4 is 11.5 Å². The molecule has 0 spiro atoms. The van der Waals surface area contributed by atoms with Crippen LogP contribution in [0.1, 0.15) is 34.7 Å². The predicted octanol–water partition coefficient (Wildman–Crippen LogP) is 2.72. The fraction of sp³-hybridized carbons (Fsp3) is 0.385. The summed E-state index contributed by atoms with van der Waals surface area (Å²) in [6.07, 6.45) is 1.08. The van der Waals surface area contributed by atoms with Crippen molar-refractivity contribution in [2.24, 2.45) is 0 Å². The molecule has 1 N–H and O–H groups in total. The largest absolute Gasteiger partial charge is 0.309 e. The van der Waals surface area contributed by atoms with Crippen LogP contribution in [0.5, 0.6) is 0 Å². The Morgan fingerprint density at radius 3 is 2.47 bits per heavy atom. The third-order valence-electron chi connectivity index (χ3n) is 2.96. The molecule has 1 aromatic carbocycles. The van der Waals surface area contributed by atoms with Gasteiger partial charge in [-0.3, -0.25) is 0 Å². The molecule has 0 saturated heterocycles. The molecular weight excluding hydrogens is 230 g/mol. The Bertz CT molecular complexity index is 476.